The molecule has 25 heavy (non-hydrogen) atoms. The average molecular weight is 351 g/mol. The molecule has 138 valence electrons. The van der Waals surface area contributed by atoms with Crippen LogP contribution < -0.4 is 16.8 Å². The van der Waals surface area contributed by atoms with E-state index in [-0.39, 0.29) is 35.5 Å². The summed E-state index contributed by atoms with van der Waals surface area (Å²) in [5.74, 6) is -3.49. The van der Waals surface area contributed by atoms with Crippen LogP contribution >= 0.6 is 0 Å². The molecule has 0 aliphatic rings. The Morgan fingerprint density at radius 2 is 1.60 bits per heavy atom. The third-order valence-electron chi connectivity index (χ3n) is 4.17. The molecule has 1 rings (SSSR count). The third-order valence-corrected chi connectivity index (χ3v) is 4.17. The van der Waals surface area contributed by atoms with E-state index in [2.05, 4.69) is 15.3 Å². The van der Waals surface area contributed by atoms with Gasteiger partial charge >= 0.3 is 5.97 Å². The number of anilines is 2. The monoisotopic (exact) mass is 351 g/mol. The van der Waals surface area contributed by atoms with E-state index in [0.717, 1.165) is 6.42 Å². The number of ketones is 1. The number of carboxylic acids is 1. The van der Waals surface area contributed by atoms with Crippen LogP contribution in [0.5, 0.6) is 0 Å². The van der Waals surface area contributed by atoms with Crippen LogP contribution in [0.15, 0.2) is 0 Å². The number of hydrogen-bond acceptors (Lipinski definition) is 7. The summed E-state index contributed by atoms with van der Waals surface area (Å²) in [6, 6.07) is -0.0745. The molecular weight excluding hydrogens is 326 g/mol. The van der Waals surface area contributed by atoms with E-state index in [4.69, 9.17) is 16.6 Å². The molecule has 1 aromatic heterocycles. The van der Waals surface area contributed by atoms with Gasteiger partial charge in [-0.1, -0.05) is 20.8 Å². The maximum absolute atomic E-state index is 12.3. The Morgan fingerprint density at radius 3 is 2.12 bits per heavy atom. The van der Waals surface area contributed by atoms with E-state index in [9.17, 15) is 14.4 Å². The number of Topliss-reactive ketones (excluding diaryl/α,β-unsaturated/α-hetero) is 1. The van der Waals surface area contributed by atoms with Gasteiger partial charge in [0.25, 0.3) is 5.91 Å². The molecule has 0 bridgehead atoms. The van der Waals surface area contributed by atoms with Crippen molar-refractivity contribution in [3.05, 3.63) is 11.4 Å². The van der Waals surface area contributed by atoms with Gasteiger partial charge in [-0.15, -0.1) is 0 Å². The molecule has 0 aliphatic heterocycles. The van der Waals surface area contributed by atoms with Crippen molar-refractivity contribution >= 4 is 29.3 Å². The van der Waals surface area contributed by atoms with Crippen molar-refractivity contribution in [1.82, 2.24) is 15.3 Å². The second-order valence-electron chi connectivity index (χ2n) is 6.21. The van der Waals surface area contributed by atoms with Crippen molar-refractivity contribution in [2.75, 3.05) is 11.5 Å². The maximum atomic E-state index is 12.3. The van der Waals surface area contributed by atoms with E-state index < -0.39 is 29.5 Å². The van der Waals surface area contributed by atoms with Crippen molar-refractivity contribution in [1.29, 1.82) is 0 Å². The SMILES string of the molecule is CCC(C)NC(=O)c1nc(N)c(C(=O)CC(C)C(C)C(=O)O)nc1N. The molecule has 0 saturated carbocycles. The van der Waals surface area contributed by atoms with E-state index in [1.807, 2.05) is 13.8 Å². The number of nitrogens with two attached hydrogens (primary N) is 2. The first-order chi connectivity index (χ1) is 11.6. The second kappa shape index (κ2) is 8.41. The van der Waals surface area contributed by atoms with E-state index in [1.165, 1.54) is 6.92 Å². The normalized spacial score (nSPS) is 14.4. The molecule has 6 N–H and O–H groups in total. The highest BCUT2D eigenvalue weighted by atomic mass is 16.4. The van der Waals surface area contributed by atoms with Crippen LogP contribution in [0.2, 0.25) is 0 Å². The van der Waals surface area contributed by atoms with Crippen molar-refractivity contribution in [2.24, 2.45) is 11.8 Å². The van der Waals surface area contributed by atoms with Gasteiger partial charge in [-0.25, -0.2) is 9.97 Å². The smallest absolute Gasteiger partial charge is 0.306 e. The topological polar surface area (TPSA) is 161 Å². The molecule has 9 nitrogen and oxygen atoms in total. The molecule has 0 fully saturated rings. The minimum atomic E-state index is -0.990. The highest BCUT2D eigenvalue weighted by molar-refractivity contribution is 6.01. The van der Waals surface area contributed by atoms with E-state index in [1.54, 1.807) is 6.92 Å². The van der Waals surface area contributed by atoms with Crippen LogP contribution in [0.25, 0.3) is 0 Å². The second-order valence-corrected chi connectivity index (χ2v) is 6.21. The lowest BCUT2D eigenvalue weighted by atomic mass is 9.90. The zero-order valence-corrected chi connectivity index (χ0v) is 14.9. The fraction of sp³-hybridized carbons (Fsp3) is 0.562. The number of nitrogens with zero attached hydrogens (tertiary/aromatic N) is 2. The lowest BCUT2D eigenvalue weighted by Crippen LogP contribution is -2.33. The zero-order valence-electron chi connectivity index (χ0n) is 14.9. The van der Waals surface area contributed by atoms with Gasteiger partial charge in [0.15, 0.2) is 28.8 Å². The van der Waals surface area contributed by atoms with Gasteiger partial charge in [0, 0.05) is 12.5 Å². The number of amides is 1. The molecule has 1 aromatic rings. The molecule has 1 heterocycles. The predicted molar refractivity (Wildman–Crippen MR) is 93.0 cm³/mol. The number of carbonyl (C=O) groups excluding carboxylic acids is 2. The quantitative estimate of drug-likeness (QED) is 0.506. The summed E-state index contributed by atoms with van der Waals surface area (Å²) in [5, 5.41) is 11.7. The van der Waals surface area contributed by atoms with Crippen molar-refractivity contribution in [3.63, 3.8) is 0 Å². The van der Waals surface area contributed by atoms with Gasteiger partial charge in [0.2, 0.25) is 0 Å². The summed E-state index contributed by atoms with van der Waals surface area (Å²) in [6.07, 6.45) is 0.662. The van der Waals surface area contributed by atoms with Crippen LogP contribution in [-0.4, -0.2) is 38.8 Å². The van der Waals surface area contributed by atoms with E-state index >= 15 is 0 Å². The zero-order chi connectivity index (χ0) is 19.3. The maximum Gasteiger partial charge on any atom is 0.306 e. The van der Waals surface area contributed by atoms with E-state index in [0.29, 0.717) is 0 Å². The van der Waals surface area contributed by atoms with Crippen LogP contribution in [0.4, 0.5) is 11.6 Å². The number of aromatic nitrogens is 2. The van der Waals surface area contributed by atoms with Crippen LogP contribution in [0.1, 0.15) is 61.5 Å². The lowest BCUT2D eigenvalue weighted by Gasteiger charge is -2.16. The van der Waals surface area contributed by atoms with Gasteiger partial charge in [-0.3, -0.25) is 14.4 Å². The summed E-state index contributed by atoms with van der Waals surface area (Å²) in [5.41, 5.74) is 11.2. The minimum absolute atomic E-state index is 0.0653. The Hall–Kier alpha value is -2.71. The molecular formula is C16H25N5O4. The number of carbonyl (C=O) groups is 3. The minimum Gasteiger partial charge on any atom is -0.481 e. The fourth-order valence-electron chi connectivity index (χ4n) is 2.04. The number of nitrogens with one attached hydrogen (secondary N) is 1. The molecule has 3 unspecified atom stereocenters. The summed E-state index contributed by atoms with van der Waals surface area (Å²) >= 11 is 0. The molecule has 0 aromatic carbocycles. The average Bonchev–Trinajstić information content (AvgIpc) is 2.54. The Balaban J connectivity index is 3.00. The Bertz CT molecular complexity index is 677. The molecule has 0 spiro atoms. The van der Waals surface area contributed by atoms with Crippen molar-refractivity contribution in [3.8, 4) is 0 Å². The molecule has 0 aliphatic carbocycles. The first kappa shape index (κ1) is 20.3. The predicted octanol–water partition coefficient (Wildman–Crippen LogP) is 1.10. The Morgan fingerprint density at radius 1 is 1.08 bits per heavy atom. The summed E-state index contributed by atoms with van der Waals surface area (Å²) in [6.45, 7) is 6.91. The molecule has 3 atom stereocenters. The van der Waals surface area contributed by atoms with Gasteiger partial charge in [-0.05, 0) is 19.3 Å². The van der Waals surface area contributed by atoms with Gasteiger partial charge in [-0.2, -0.15) is 0 Å². The Labute approximate surface area is 146 Å². The molecule has 1 amide bonds. The van der Waals surface area contributed by atoms with Gasteiger partial charge in [0.1, 0.15) is 0 Å². The number of carboxylic acid groups (broad SMARTS) is 1. The number of hydrogen-bond donors (Lipinski definition) is 4. The van der Waals surface area contributed by atoms with Gasteiger partial charge < -0.3 is 21.9 Å². The third kappa shape index (κ3) is 5.13. The fourth-order valence-corrected chi connectivity index (χ4v) is 2.04. The molecule has 0 saturated heterocycles. The van der Waals surface area contributed by atoms with Crippen LogP contribution in [0, 0.1) is 11.8 Å². The highest BCUT2D eigenvalue weighted by Gasteiger charge is 2.26. The largest absolute Gasteiger partial charge is 0.481 e. The summed E-state index contributed by atoms with van der Waals surface area (Å²) in [4.78, 5) is 43.2. The molecule has 9 heteroatoms. The van der Waals surface area contributed by atoms with Crippen molar-refractivity contribution < 1.29 is 19.5 Å². The van der Waals surface area contributed by atoms with Gasteiger partial charge in [0.05, 0.1) is 5.92 Å². The van der Waals surface area contributed by atoms with Crippen LogP contribution in [0.3, 0.4) is 0 Å². The molecule has 0 radical (unpaired) electrons. The van der Waals surface area contributed by atoms with Crippen LogP contribution in [-0.2, 0) is 4.79 Å². The van der Waals surface area contributed by atoms with Crippen molar-refractivity contribution in [2.45, 2.75) is 46.6 Å². The number of rotatable bonds is 8. The Kier molecular flexibility index (Phi) is 6.84. The highest BCUT2D eigenvalue weighted by Crippen LogP contribution is 2.21. The first-order valence-electron chi connectivity index (χ1n) is 8.08. The summed E-state index contributed by atoms with van der Waals surface area (Å²) in [7, 11) is 0. The first-order valence-corrected chi connectivity index (χ1v) is 8.08. The number of aliphatic carboxylic acids is 1. The standard InChI is InChI=1S/C16H25N5O4/c1-5-8(3)19-15(23)12-14(18)20-11(13(17)21-12)10(22)6-7(2)9(4)16(24)25/h7-9H,5-6H2,1-4H3,(H2,17,21)(H2,18,20)(H,19,23)(H,24,25). The lowest BCUT2D eigenvalue weighted by molar-refractivity contribution is -0.142. The summed E-state index contributed by atoms with van der Waals surface area (Å²) < 4.78 is 0. The number of nitrogen functional groups attached to an aromatic ring is 2.